The minimum Gasteiger partial charge on any atom is -0.437 e. The van der Waals surface area contributed by atoms with E-state index in [1.54, 1.807) is 30.3 Å². The van der Waals surface area contributed by atoms with Gasteiger partial charge in [-0.15, -0.1) is 0 Å². The topological polar surface area (TPSA) is 77.2 Å². The number of carbonyl (C=O) groups excluding carboxylic acids is 1. The summed E-state index contributed by atoms with van der Waals surface area (Å²) in [6, 6.07) is 8.84. The highest BCUT2D eigenvalue weighted by molar-refractivity contribution is 6.42. The van der Waals surface area contributed by atoms with Crippen LogP contribution < -0.4 is 15.8 Å². The molecule has 1 aromatic heterocycles. The third-order valence-electron chi connectivity index (χ3n) is 4.24. The summed E-state index contributed by atoms with van der Waals surface area (Å²) in [5.41, 5.74) is 6.37. The first-order valence-corrected chi connectivity index (χ1v) is 8.93. The van der Waals surface area contributed by atoms with E-state index < -0.39 is 0 Å². The van der Waals surface area contributed by atoms with E-state index in [1.165, 1.54) is 6.20 Å². The van der Waals surface area contributed by atoms with Crippen LogP contribution in [0.1, 0.15) is 36.0 Å². The highest BCUT2D eigenvalue weighted by Crippen LogP contribution is 2.33. The molecule has 0 spiro atoms. The van der Waals surface area contributed by atoms with Crippen molar-refractivity contribution >= 4 is 29.1 Å². The van der Waals surface area contributed by atoms with Crippen molar-refractivity contribution in [3.63, 3.8) is 0 Å². The number of benzene rings is 1. The number of nitrogens with two attached hydrogens (primary N) is 1. The number of pyridine rings is 1. The Labute approximate surface area is 156 Å². The molecule has 1 saturated carbocycles. The van der Waals surface area contributed by atoms with Gasteiger partial charge in [-0.25, -0.2) is 4.98 Å². The lowest BCUT2D eigenvalue weighted by Crippen LogP contribution is -2.40. The van der Waals surface area contributed by atoms with Crippen LogP contribution >= 0.6 is 23.2 Å². The van der Waals surface area contributed by atoms with Crippen LogP contribution in [0.3, 0.4) is 0 Å². The van der Waals surface area contributed by atoms with Gasteiger partial charge >= 0.3 is 0 Å². The number of hydrogen-bond donors (Lipinski definition) is 2. The lowest BCUT2D eigenvalue weighted by Gasteiger charge is -2.26. The number of nitrogens with zero attached hydrogens (tertiary/aromatic N) is 1. The summed E-state index contributed by atoms with van der Waals surface area (Å²) in [6.07, 6.45) is 5.19. The van der Waals surface area contributed by atoms with Crippen LogP contribution in [0.2, 0.25) is 10.0 Å². The predicted octanol–water partition coefficient (Wildman–Crippen LogP) is 4.18. The second-order valence-electron chi connectivity index (χ2n) is 6.12. The van der Waals surface area contributed by atoms with E-state index in [1.807, 2.05) is 0 Å². The molecular weight excluding hydrogens is 361 g/mol. The first-order valence-electron chi connectivity index (χ1n) is 8.17. The lowest BCUT2D eigenvalue weighted by molar-refractivity contribution is 0.0925. The van der Waals surface area contributed by atoms with Crippen molar-refractivity contribution < 1.29 is 9.53 Å². The van der Waals surface area contributed by atoms with Gasteiger partial charge in [0.15, 0.2) is 0 Å². The second-order valence-corrected chi connectivity index (χ2v) is 6.91. The normalized spacial score (nSPS) is 20.1. The zero-order valence-corrected chi connectivity index (χ0v) is 15.1. The number of halogens is 2. The van der Waals surface area contributed by atoms with Crippen molar-refractivity contribution in [2.45, 2.75) is 37.8 Å². The highest BCUT2D eigenvalue weighted by Gasteiger charge is 2.20. The zero-order chi connectivity index (χ0) is 17.8. The fraction of sp³-hybridized carbons (Fsp3) is 0.333. The maximum atomic E-state index is 12.3. The van der Waals surface area contributed by atoms with Gasteiger partial charge in [-0.1, -0.05) is 29.3 Å². The fourth-order valence-corrected chi connectivity index (χ4v) is 3.11. The molecule has 25 heavy (non-hydrogen) atoms. The Kier molecular flexibility index (Phi) is 5.78. The van der Waals surface area contributed by atoms with E-state index >= 15 is 0 Å². The van der Waals surface area contributed by atoms with E-state index in [-0.39, 0.29) is 18.0 Å². The molecule has 1 aromatic carbocycles. The average molecular weight is 380 g/mol. The fourth-order valence-electron chi connectivity index (χ4n) is 2.78. The third kappa shape index (κ3) is 4.63. The van der Waals surface area contributed by atoms with Crippen molar-refractivity contribution in [2.24, 2.45) is 5.73 Å². The largest absolute Gasteiger partial charge is 0.437 e. The Morgan fingerprint density at radius 3 is 2.60 bits per heavy atom. The van der Waals surface area contributed by atoms with Gasteiger partial charge in [0.05, 0.1) is 10.6 Å². The molecule has 0 aliphatic heterocycles. The maximum Gasteiger partial charge on any atom is 0.253 e. The summed E-state index contributed by atoms with van der Waals surface area (Å²) in [6.45, 7) is 0. The molecule has 0 saturated heterocycles. The number of rotatable bonds is 4. The molecular formula is C18H19Cl2N3O2. The molecule has 1 aliphatic carbocycles. The SMILES string of the molecule is NC1CCC(NC(=O)c2ccc(Oc3cccc(Cl)c3Cl)nc2)CC1. The molecule has 0 radical (unpaired) electrons. The van der Waals surface area contributed by atoms with E-state index in [0.29, 0.717) is 27.2 Å². The number of hydrogen-bond acceptors (Lipinski definition) is 4. The highest BCUT2D eigenvalue weighted by atomic mass is 35.5. The molecule has 3 N–H and O–H groups in total. The Balaban J connectivity index is 1.61. The van der Waals surface area contributed by atoms with E-state index in [4.69, 9.17) is 33.7 Å². The summed E-state index contributed by atoms with van der Waals surface area (Å²) in [5.74, 6) is 0.613. The average Bonchev–Trinajstić information content (AvgIpc) is 2.61. The molecule has 132 valence electrons. The second kappa shape index (κ2) is 8.04. The molecule has 1 aliphatic rings. The maximum absolute atomic E-state index is 12.3. The van der Waals surface area contributed by atoms with Crippen LogP contribution in [-0.2, 0) is 0 Å². The number of ether oxygens (including phenoxy) is 1. The lowest BCUT2D eigenvalue weighted by atomic mass is 9.92. The van der Waals surface area contributed by atoms with Crippen LogP contribution in [0.15, 0.2) is 36.5 Å². The van der Waals surface area contributed by atoms with Crippen molar-refractivity contribution in [3.8, 4) is 11.6 Å². The molecule has 0 unspecified atom stereocenters. The van der Waals surface area contributed by atoms with Crippen molar-refractivity contribution in [1.82, 2.24) is 10.3 Å². The van der Waals surface area contributed by atoms with Crippen LogP contribution in [0.25, 0.3) is 0 Å². The quantitative estimate of drug-likeness (QED) is 0.834. The summed E-state index contributed by atoms with van der Waals surface area (Å²) in [7, 11) is 0. The van der Waals surface area contributed by atoms with Gasteiger partial charge in [0, 0.05) is 24.3 Å². The molecule has 5 nitrogen and oxygen atoms in total. The molecule has 3 rings (SSSR count). The van der Waals surface area contributed by atoms with Gasteiger partial charge < -0.3 is 15.8 Å². The monoisotopic (exact) mass is 379 g/mol. The Bertz CT molecular complexity index is 744. The minimum absolute atomic E-state index is 0.139. The first-order chi connectivity index (χ1) is 12.0. The van der Waals surface area contributed by atoms with E-state index in [2.05, 4.69) is 10.3 Å². The molecule has 1 heterocycles. The van der Waals surface area contributed by atoms with Crippen LogP contribution in [0.4, 0.5) is 0 Å². The number of nitrogens with one attached hydrogen (secondary N) is 1. The molecule has 0 bridgehead atoms. The van der Waals surface area contributed by atoms with Gasteiger partial charge in [0.1, 0.15) is 10.8 Å². The van der Waals surface area contributed by atoms with Crippen molar-refractivity contribution in [3.05, 3.63) is 52.1 Å². The molecule has 1 amide bonds. The van der Waals surface area contributed by atoms with Gasteiger partial charge in [0.25, 0.3) is 5.91 Å². The van der Waals surface area contributed by atoms with Crippen LogP contribution in [0, 0.1) is 0 Å². The number of amides is 1. The van der Waals surface area contributed by atoms with Gasteiger partial charge in [-0.3, -0.25) is 4.79 Å². The molecule has 2 aromatic rings. The van der Waals surface area contributed by atoms with Gasteiger partial charge in [0.2, 0.25) is 5.88 Å². The predicted molar refractivity (Wildman–Crippen MR) is 98.5 cm³/mol. The standard InChI is InChI=1S/C18H19Cl2N3O2/c19-14-2-1-3-15(17(14)20)25-16-9-4-11(10-22-16)18(24)23-13-7-5-12(21)6-8-13/h1-4,9-10,12-13H,5-8,21H2,(H,23,24). The van der Waals surface area contributed by atoms with Crippen molar-refractivity contribution in [1.29, 1.82) is 0 Å². The van der Waals surface area contributed by atoms with Gasteiger partial charge in [-0.05, 0) is 43.9 Å². The van der Waals surface area contributed by atoms with Crippen molar-refractivity contribution in [2.75, 3.05) is 0 Å². The first kappa shape index (κ1) is 18.0. The van der Waals surface area contributed by atoms with E-state index in [0.717, 1.165) is 25.7 Å². The minimum atomic E-state index is -0.139. The Hall–Kier alpha value is -1.82. The summed E-state index contributed by atoms with van der Waals surface area (Å²) in [5, 5.41) is 3.76. The summed E-state index contributed by atoms with van der Waals surface area (Å²) < 4.78 is 5.61. The Morgan fingerprint density at radius 2 is 1.92 bits per heavy atom. The molecule has 0 atom stereocenters. The molecule has 7 heteroatoms. The van der Waals surface area contributed by atoms with Crippen LogP contribution in [-0.4, -0.2) is 23.0 Å². The summed E-state index contributed by atoms with van der Waals surface area (Å²) >= 11 is 12.0. The van der Waals surface area contributed by atoms with Gasteiger partial charge in [-0.2, -0.15) is 0 Å². The number of carbonyl (C=O) groups is 1. The number of aromatic nitrogens is 1. The summed E-state index contributed by atoms with van der Waals surface area (Å²) in [4.78, 5) is 16.5. The third-order valence-corrected chi connectivity index (χ3v) is 5.04. The van der Waals surface area contributed by atoms with E-state index in [9.17, 15) is 4.79 Å². The zero-order valence-electron chi connectivity index (χ0n) is 13.5. The molecule has 1 fully saturated rings. The Morgan fingerprint density at radius 1 is 1.16 bits per heavy atom. The smallest absolute Gasteiger partial charge is 0.253 e. The van der Waals surface area contributed by atoms with Crippen LogP contribution in [0.5, 0.6) is 11.6 Å².